The van der Waals surface area contributed by atoms with Gasteiger partial charge < -0.3 is 14.8 Å². The molecular weight excluding hydrogens is 258 g/mol. The number of methoxy groups -OCH3 is 1. The second-order valence-corrected chi connectivity index (χ2v) is 5.02. The van der Waals surface area contributed by atoms with Crippen molar-refractivity contribution in [3.63, 3.8) is 0 Å². The molecule has 2 unspecified atom stereocenters. The quantitative estimate of drug-likeness (QED) is 0.849. The maximum atomic E-state index is 12.3. The molecule has 2 atom stereocenters. The Bertz CT molecular complexity index is 480. The van der Waals surface area contributed by atoms with Crippen molar-refractivity contribution in [2.24, 2.45) is 0 Å². The highest BCUT2D eigenvalue weighted by Crippen LogP contribution is 2.26. The van der Waals surface area contributed by atoms with E-state index >= 15 is 0 Å². The van der Waals surface area contributed by atoms with Crippen molar-refractivity contribution >= 4 is 11.9 Å². The zero-order valence-corrected chi connectivity index (χ0v) is 11.7. The van der Waals surface area contributed by atoms with E-state index in [1.165, 1.54) is 7.11 Å². The molecule has 0 bridgehead atoms. The van der Waals surface area contributed by atoms with Gasteiger partial charge in [-0.25, -0.2) is 4.79 Å². The van der Waals surface area contributed by atoms with Crippen LogP contribution in [0.1, 0.15) is 31.4 Å². The SMILES string of the molecule is COC(=O)C(NC(=O)C1(C)CCCO1)c1ccccc1. The molecule has 20 heavy (non-hydrogen) atoms. The third-order valence-electron chi connectivity index (χ3n) is 3.54. The number of amides is 1. The Hall–Kier alpha value is -1.88. The molecule has 108 valence electrons. The molecule has 1 aromatic rings. The molecule has 0 aromatic heterocycles. The summed E-state index contributed by atoms with van der Waals surface area (Å²) in [6.45, 7) is 2.31. The Morgan fingerprint density at radius 2 is 2.05 bits per heavy atom. The van der Waals surface area contributed by atoms with Crippen molar-refractivity contribution in [1.29, 1.82) is 0 Å². The average Bonchev–Trinajstić information content (AvgIpc) is 2.93. The highest BCUT2D eigenvalue weighted by Gasteiger charge is 2.39. The van der Waals surface area contributed by atoms with Crippen molar-refractivity contribution < 1.29 is 19.1 Å². The fourth-order valence-electron chi connectivity index (χ4n) is 2.28. The zero-order valence-electron chi connectivity index (χ0n) is 11.7. The van der Waals surface area contributed by atoms with E-state index in [1.807, 2.05) is 18.2 Å². The first-order valence-corrected chi connectivity index (χ1v) is 6.64. The van der Waals surface area contributed by atoms with Gasteiger partial charge in [-0.2, -0.15) is 0 Å². The Morgan fingerprint density at radius 1 is 1.35 bits per heavy atom. The van der Waals surface area contributed by atoms with Crippen LogP contribution < -0.4 is 5.32 Å². The monoisotopic (exact) mass is 277 g/mol. The Kier molecular flexibility index (Phi) is 4.39. The Labute approximate surface area is 118 Å². The van der Waals surface area contributed by atoms with Crippen molar-refractivity contribution in [3.05, 3.63) is 35.9 Å². The summed E-state index contributed by atoms with van der Waals surface area (Å²) < 4.78 is 10.3. The largest absolute Gasteiger partial charge is 0.467 e. The van der Waals surface area contributed by atoms with Crippen molar-refractivity contribution in [2.45, 2.75) is 31.4 Å². The molecule has 1 heterocycles. The van der Waals surface area contributed by atoms with Crippen molar-refractivity contribution in [1.82, 2.24) is 5.32 Å². The highest BCUT2D eigenvalue weighted by molar-refractivity contribution is 5.90. The molecule has 2 rings (SSSR count). The molecular formula is C15H19NO4. The number of rotatable bonds is 4. The molecule has 1 aromatic carbocycles. The van der Waals surface area contributed by atoms with Gasteiger partial charge >= 0.3 is 5.97 Å². The molecule has 1 fully saturated rings. The first-order valence-electron chi connectivity index (χ1n) is 6.64. The summed E-state index contributed by atoms with van der Waals surface area (Å²) in [4.78, 5) is 24.2. The molecule has 1 aliphatic rings. The number of benzene rings is 1. The predicted octanol–water partition coefficient (Wildman–Crippen LogP) is 1.59. The lowest BCUT2D eigenvalue weighted by Crippen LogP contribution is -2.47. The Balaban J connectivity index is 2.16. The lowest BCUT2D eigenvalue weighted by molar-refractivity contribution is -0.149. The van der Waals surface area contributed by atoms with E-state index < -0.39 is 17.6 Å². The minimum Gasteiger partial charge on any atom is -0.467 e. The van der Waals surface area contributed by atoms with Crippen molar-refractivity contribution in [2.75, 3.05) is 13.7 Å². The average molecular weight is 277 g/mol. The van der Waals surface area contributed by atoms with E-state index in [9.17, 15) is 9.59 Å². The smallest absolute Gasteiger partial charge is 0.333 e. The number of esters is 1. The fourth-order valence-corrected chi connectivity index (χ4v) is 2.28. The van der Waals surface area contributed by atoms with Gasteiger partial charge in [0.05, 0.1) is 7.11 Å². The van der Waals surface area contributed by atoms with Crippen LogP contribution >= 0.6 is 0 Å². The number of nitrogens with one attached hydrogen (secondary N) is 1. The van der Waals surface area contributed by atoms with E-state index in [2.05, 4.69) is 5.32 Å². The molecule has 1 N–H and O–H groups in total. The van der Waals surface area contributed by atoms with E-state index in [4.69, 9.17) is 9.47 Å². The van der Waals surface area contributed by atoms with E-state index in [0.29, 0.717) is 18.6 Å². The van der Waals surface area contributed by atoms with Crippen LogP contribution in [0.2, 0.25) is 0 Å². The lowest BCUT2D eigenvalue weighted by atomic mass is 10.00. The highest BCUT2D eigenvalue weighted by atomic mass is 16.5. The summed E-state index contributed by atoms with van der Waals surface area (Å²) in [5.41, 5.74) is -0.171. The van der Waals surface area contributed by atoms with Crippen LogP contribution in [0.15, 0.2) is 30.3 Å². The zero-order chi connectivity index (χ0) is 14.6. The molecule has 0 spiro atoms. The Morgan fingerprint density at radius 3 is 2.60 bits per heavy atom. The molecule has 1 amide bonds. The minimum absolute atomic E-state index is 0.283. The van der Waals surface area contributed by atoms with Crippen LogP contribution in [0.25, 0.3) is 0 Å². The summed E-state index contributed by atoms with van der Waals surface area (Å²) in [6, 6.07) is 8.21. The maximum absolute atomic E-state index is 12.3. The van der Waals surface area contributed by atoms with E-state index in [-0.39, 0.29) is 5.91 Å². The lowest BCUT2D eigenvalue weighted by Gasteiger charge is -2.25. The van der Waals surface area contributed by atoms with Crippen molar-refractivity contribution in [3.8, 4) is 0 Å². The summed E-state index contributed by atoms with van der Waals surface area (Å²) in [7, 11) is 1.30. The van der Waals surface area contributed by atoms with Gasteiger partial charge in [0, 0.05) is 6.61 Å². The number of carbonyl (C=O) groups excluding carboxylic acids is 2. The van der Waals surface area contributed by atoms with Gasteiger partial charge in [0.1, 0.15) is 5.60 Å². The minimum atomic E-state index is -0.860. The van der Waals surface area contributed by atoms with Crippen LogP contribution in [-0.4, -0.2) is 31.2 Å². The fraction of sp³-hybridized carbons (Fsp3) is 0.467. The van der Waals surface area contributed by atoms with Gasteiger partial charge in [0.25, 0.3) is 5.91 Å². The molecule has 5 nitrogen and oxygen atoms in total. The van der Waals surface area contributed by atoms with E-state index in [1.54, 1.807) is 19.1 Å². The third-order valence-corrected chi connectivity index (χ3v) is 3.54. The number of ether oxygens (including phenoxy) is 2. The van der Waals surface area contributed by atoms with Gasteiger partial charge in [0.2, 0.25) is 0 Å². The first-order chi connectivity index (χ1) is 9.57. The topological polar surface area (TPSA) is 64.6 Å². The van der Waals surface area contributed by atoms with Gasteiger partial charge in [-0.3, -0.25) is 4.79 Å². The van der Waals surface area contributed by atoms with Gasteiger partial charge in [-0.1, -0.05) is 30.3 Å². The summed E-state index contributed by atoms with van der Waals surface area (Å²) >= 11 is 0. The van der Waals surface area contributed by atoms with Gasteiger partial charge in [0.15, 0.2) is 6.04 Å². The molecule has 5 heteroatoms. The normalized spacial score (nSPS) is 23.1. The molecule has 0 aliphatic carbocycles. The molecule has 0 radical (unpaired) electrons. The van der Waals surface area contributed by atoms with Crippen LogP contribution in [0.3, 0.4) is 0 Å². The van der Waals surface area contributed by atoms with Crippen LogP contribution in [0, 0.1) is 0 Å². The van der Waals surface area contributed by atoms with Crippen LogP contribution in [-0.2, 0) is 19.1 Å². The summed E-state index contributed by atoms with van der Waals surface area (Å²) in [6.07, 6.45) is 1.50. The van der Waals surface area contributed by atoms with Crippen LogP contribution in [0.4, 0.5) is 0 Å². The second kappa shape index (κ2) is 6.05. The number of carbonyl (C=O) groups is 2. The van der Waals surface area contributed by atoms with Crippen LogP contribution in [0.5, 0.6) is 0 Å². The maximum Gasteiger partial charge on any atom is 0.333 e. The van der Waals surface area contributed by atoms with E-state index in [0.717, 1.165) is 6.42 Å². The number of hydrogen-bond donors (Lipinski definition) is 1. The molecule has 0 saturated carbocycles. The standard InChI is InChI=1S/C15H19NO4/c1-15(9-6-10-20-15)14(18)16-12(13(17)19-2)11-7-4-3-5-8-11/h3-5,7-8,12H,6,9-10H2,1-2H3,(H,16,18). The van der Waals surface area contributed by atoms with Gasteiger partial charge in [-0.05, 0) is 25.3 Å². The molecule has 1 aliphatic heterocycles. The first kappa shape index (κ1) is 14.5. The van der Waals surface area contributed by atoms with Gasteiger partial charge in [-0.15, -0.1) is 0 Å². The summed E-state index contributed by atoms with van der Waals surface area (Å²) in [5.74, 6) is -0.777. The summed E-state index contributed by atoms with van der Waals surface area (Å²) in [5, 5.41) is 2.73. The second-order valence-electron chi connectivity index (χ2n) is 5.02. The predicted molar refractivity (Wildman–Crippen MR) is 72.9 cm³/mol. The molecule has 1 saturated heterocycles. The number of hydrogen-bond acceptors (Lipinski definition) is 4. The third kappa shape index (κ3) is 2.99.